The molecule has 0 aliphatic heterocycles. The molecule has 8 heteroatoms. The summed E-state index contributed by atoms with van der Waals surface area (Å²) < 4.78 is 32.4. The first kappa shape index (κ1) is 19.9. The fourth-order valence-electron chi connectivity index (χ4n) is 2.43. The number of aryl methyl sites for hydroxylation is 2. The van der Waals surface area contributed by atoms with E-state index in [0.29, 0.717) is 5.75 Å². The highest BCUT2D eigenvalue weighted by molar-refractivity contribution is 7.89. The van der Waals surface area contributed by atoms with Gasteiger partial charge in [-0.3, -0.25) is 0 Å². The lowest BCUT2D eigenvalue weighted by molar-refractivity contribution is 0.0692. The van der Waals surface area contributed by atoms with Crippen LogP contribution in [0.2, 0.25) is 0 Å². The number of carboxylic acid groups (broad SMARTS) is 1. The van der Waals surface area contributed by atoms with E-state index in [1.807, 2.05) is 32.0 Å². The number of para-hydroxylation sites is 1. The van der Waals surface area contributed by atoms with E-state index >= 15 is 0 Å². The third-order valence-corrected chi connectivity index (χ3v) is 5.23. The highest BCUT2D eigenvalue weighted by Crippen LogP contribution is 2.22. The summed E-state index contributed by atoms with van der Waals surface area (Å²) in [7, 11) is -4.08. The number of benzene rings is 2. The molecular formula is C18H21NO6S. The Balaban J connectivity index is 2.00. The molecule has 2 aromatic rings. The number of sulfonamides is 1. The Labute approximate surface area is 152 Å². The maximum absolute atomic E-state index is 12.3. The fourth-order valence-corrected chi connectivity index (χ4v) is 3.70. The van der Waals surface area contributed by atoms with Crippen molar-refractivity contribution in [1.29, 1.82) is 0 Å². The maximum Gasteiger partial charge on any atom is 0.337 e. The standard InChI is InChI=1S/C18H21NO6S/c1-12-6-5-7-13(2)17(12)25-11-14(20)10-19-26(23,24)16-9-4-3-8-15(16)18(21)22/h3-9,14,19-20H,10-11H2,1-2H3,(H,21,22). The molecule has 0 heterocycles. The van der Waals surface area contributed by atoms with Crippen LogP contribution in [-0.4, -0.2) is 43.9 Å². The smallest absolute Gasteiger partial charge is 0.337 e. The minimum atomic E-state index is -4.08. The zero-order chi connectivity index (χ0) is 19.3. The van der Waals surface area contributed by atoms with Crippen molar-refractivity contribution in [2.45, 2.75) is 24.8 Å². The molecule has 0 saturated heterocycles. The average Bonchev–Trinajstić information content (AvgIpc) is 2.59. The number of ether oxygens (including phenoxy) is 1. The summed E-state index contributed by atoms with van der Waals surface area (Å²) in [6.45, 7) is 3.34. The van der Waals surface area contributed by atoms with Gasteiger partial charge in [0.15, 0.2) is 0 Å². The molecule has 0 bridgehead atoms. The van der Waals surface area contributed by atoms with E-state index in [4.69, 9.17) is 9.84 Å². The van der Waals surface area contributed by atoms with Crippen molar-refractivity contribution in [2.75, 3.05) is 13.2 Å². The van der Waals surface area contributed by atoms with Crippen molar-refractivity contribution >= 4 is 16.0 Å². The quantitative estimate of drug-likeness (QED) is 0.644. The Hall–Kier alpha value is -2.42. The second-order valence-electron chi connectivity index (χ2n) is 5.84. The molecule has 1 atom stereocenters. The predicted molar refractivity (Wildman–Crippen MR) is 96.0 cm³/mol. The fraction of sp³-hybridized carbons (Fsp3) is 0.278. The second kappa shape index (κ2) is 8.31. The number of aliphatic hydroxyl groups is 1. The molecule has 1 unspecified atom stereocenters. The van der Waals surface area contributed by atoms with Gasteiger partial charge < -0.3 is 14.9 Å². The lowest BCUT2D eigenvalue weighted by Gasteiger charge is -2.16. The number of nitrogens with one attached hydrogen (secondary N) is 1. The Bertz CT molecular complexity index is 874. The van der Waals surface area contributed by atoms with Gasteiger partial charge >= 0.3 is 5.97 Å². The number of carbonyl (C=O) groups is 1. The predicted octanol–water partition coefficient (Wildman–Crippen LogP) is 1.72. The third kappa shape index (κ3) is 4.81. The van der Waals surface area contributed by atoms with Crippen molar-refractivity contribution in [1.82, 2.24) is 4.72 Å². The van der Waals surface area contributed by atoms with E-state index in [-0.39, 0.29) is 23.6 Å². The van der Waals surface area contributed by atoms with Gasteiger partial charge in [-0.05, 0) is 37.1 Å². The molecule has 3 N–H and O–H groups in total. The summed E-state index contributed by atoms with van der Waals surface area (Å²) in [5.41, 5.74) is 1.49. The number of aromatic carboxylic acids is 1. The SMILES string of the molecule is Cc1cccc(C)c1OCC(O)CNS(=O)(=O)c1ccccc1C(=O)O. The molecule has 0 aliphatic carbocycles. The van der Waals surface area contributed by atoms with Crippen LogP contribution in [0.5, 0.6) is 5.75 Å². The minimum absolute atomic E-state index is 0.102. The molecule has 2 aromatic carbocycles. The first-order valence-electron chi connectivity index (χ1n) is 7.91. The molecular weight excluding hydrogens is 358 g/mol. The Kier molecular flexibility index (Phi) is 6.36. The van der Waals surface area contributed by atoms with Crippen molar-refractivity contribution in [2.24, 2.45) is 0 Å². The molecule has 0 aliphatic rings. The molecule has 2 rings (SSSR count). The number of hydrogen-bond donors (Lipinski definition) is 3. The molecule has 140 valence electrons. The van der Waals surface area contributed by atoms with Crippen molar-refractivity contribution in [3.63, 3.8) is 0 Å². The van der Waals surface area contributed by atoms with E-state index in [2.05, 4.69) is 4.72 Å². The van der Waals surface area contributed by atoms with Gasteiger partial charge in [-0.1, -0.05) is 30.3 Å². The van der Waals surface area contributed by atoms with Gasteiger partial charge in [0, 0.05) is 6.54 Å². The second-order valence-corrected chi connectivity index (χ2v) is 7.57. The molecule has 7 nitrogen and oxygen atoms in total. The highest BCUT2D eigenvalue weighted by Gasteiger charge is 2.22. The summed E-state index contributed by atoms with van der Waals surface area (Å²) in [6, 6.07) is 10.9. The van der Waals surface area contributed by atoms with Crippen LogP contribution in [0.25, 0.3) is 0 Å². The van der Waals surface area contributed by atoms with Crippen LogP contribution in [-0.2, 0) is 10.0 Å². The van der Waals surface area contributed by atoms with E-state index in [0.717, 1.165) is 11.1 Å². The highest BCUT2D eigenvalue weighted by atomic mass is 32.2. The molecule has 26 heavy (non-hydrogen) atoms. The van der Waals surface area contributed by atoms with Gasteiger partial charge in [0.25, 0.3) is 0 Å². The Morgan fingerprint density at radius 1 is 1.12 bits per heavy atom. The topological polar surface area (TPSA) is 113 Å². The molecule has 0 spiro atoms. The van der Waals surface area contributed by atoms with Crippen LogP contribution in [0.3, 0.4) is 0 Å². The first-order valence-corrected chi connectivity index (χ1v) is 9.39. The van der Waals surface area contributed by atoms with E-state index in [1.54, 1.807) is 0 Å². The first-order chi connectivity index (χ1) is 12.2. The Morgan fingerprint density at radius 2 is 1.73 bits per heavy atom. The maximum atomic E-state index is 12.3. The van der Waals surface area contributed by atoms with Crippen LogP contribution >= 0.6 is 0 Å². The van der Waals surface area contributed by atoms with Gasteiger partial charge in [-0.2, -0.15) is 0 Å². The molecule has 0 amide bonds. The number of hydrogen-bond acceptors (Lipinski definition) is 5. The summed E-state index contributed by atoms with van der Waals surface area (Å²) in [4.78, 5) is 10.8. The van der Waals surface area contributed by atoms with E-state index in [9.17, 15) is 18.3 Å². The Morgan fingerprint density at radius 3 is 2.35 bits per heavy atom. The van der Waals surface area contributed by atoms with Gasteiger partial charge in [-0.25, -0.2) is 17.9 Å². The van der Waals surface area contributed by atoms with Crippen LogP contribution in [0.1, 0.15) is 21.5 Å². The minimum Gasteiger partial charge on any atom is -0.490 e. The lowest BCUT2D eigenvalue weighted by atomic mass is 10.1. The summed E-state index contributed by atoms with van der Waals surface area (Å²) in [5.74, 6) is -0.699. The molecule has 0 aromatic heterocycles. The summed E-state index contributed by atoms with van der Waals surface area (Å²) in [5, 5.41) is 19.1. The average molecular weight is 379 g/mol. The van der Waals surface area contributed by atoms with Crippen molar-refractivity contribution in [3.05, 3.63) is 59.2 Å². The van der Waals surface area contributed by atoms with Gasteiger partial charge in [0.05, 0.1) is 10.5 Å². The molecule has 0 saturated carbocycles. The largest absolute Gasteiger partial charge is 0.490 e. The normalized spacial score (nSPS) is 12.6. The third-order valence-electron chi connectivity index (χ3n) is 3.74. The number of aliphatic hydroxyl groups excluding tert-OH is 1. The van der Waals surface area contributed by atoms with Gasteiger partial charge in [0.1, 0.15) is 18.5 Å². The number of rotatable bonds is 8. The van der Waals surface area contributed by atoms with E-state index in [1.165, 1.54) is 24.3 Å². The van der Waals surface area contributed by atoms with Crippen molar-refractivity contribution < 1.29 is 28.2 Å². The summed E-state index contributed by atoms with van der Waals surface area (Å²) in [6.07, 6.45) is -1.10. The van der Waals surface area contributed by atoms with Crippen LogP contribution < -0.4 is 9.46 Å². The monoisotopic (exact) mass is 379 g/mol. The van der Waals surface area contributed by atoms with Crippen LogP contribution in [0.15, 0.2) is 47.4 Å². The molecule has 0 radical (unpaired) electrons. The molecule has 0 fully saturated rings. The zero-order valence-corrected chi connectivity index (χ0v) is 15.3. The van der Waals surface area contributed by atoms with Crippen LogP contribution in [0, 0.1) is 13.8 Å². The van der Waals surface area contributed by atoms with Gasteiger partial charge in [0.2, 0.25) is 10.0 Å². The van der Waals surface area contributed by atoms with Crippen molar-refractivity contribution in [3.8, 4) is 5.75 Å². The zero-order valence-electron chi connectivity index (χ0n) is 14.5. The lowest BCUT2D eigenvalue weighted by Crippen LogP contribution is -2.36. The van der Waals surface area contributed by atoms with Crippen LogP contribution in [0.4, 0.5) is 0 Å². The number of carboxylic acids is 1. The van der Waals surface area contributed by atoms with Gasteiger partial charge in [-0.15, -0.1) is 0 Å². The van der Waals surface area contributed by atoms with E-state index < -0.39 is 22.1 Å². The summed E-state index contributed by atoms with van der Waals surface area (Å²) >= 11 is 0.